The first-order valence-corrected chi connectivity index (χ1v) is 12.6. The van der Waals surface area contributed by atoms with E-state index in [0.717, 1.165) is 73.7 Å². The van der Waals surface area contributed by atoms with E-state index in [-0.39, 0.29) is 0 Å². The third-order valence-corrected chi connectivity index (χ3v) is 7.45. The van der Waals surface area contributed by atoms with E-state index in [4.69, 9.17) is 0 Å². The summed E-state index contributed by atoms with van der Waals surface area (Å²) in [6.45, 7) is 6.98. The third kappa shape index (κ3) is 6.64. The number of phenols is 1. The van der Waals surface area contributed by atoms with Crippen molar-refractivity contribution in [2.24, 2.45) is 0 Å². The first-order chi connectivity index (χ1) is 16.5. The van der Waals surface area contributed by atoms with E-state index in [1.165, 1.54) is 4.88 Å². The van der Waals surface area contributed by atoms with Gasteiger partial charge in [0.1, 0.15) is 12.0 Å². The van der Waals surface area contributed by atoms with Crippen molar-refractivity contribution in [3.63, 3.8) is 0 Å². The molecular formula is C28H33N3O2S. The fourth-order valence-electron chi connectivity index (χ4n) is 4.04. The lowest BCUT2D eigenvalue weighted by Gasteiger charge is -2.24. The summed E-state index contributed by atoms with van der Waals surface area (Å²) < 4.78 is 0. The van der Waals surface area contributed by atoms with Crippen LogP contribution in [0.2, 0.25) is 0 Å². The third-order valence-electron chi connectivity index (χ3n) is 6.35. The maximum Gasteiger partial charge on any atom is 0.150 e. The molecule has 1 aliphatic rings. The number of carbonyl (C=O) groups excluding carboxylic acids is 1. The minimum Gasteiger partial charge on any atom is -0.508 e. The zero-order valence-electron chi connectivity index (χ0n) is 20.0. The summed E-state index contributed by atoms with van der Waals surface area (Å²) in [4.78, 5) is 20.4. The summed E-state index contributed by atoms with van der Waals surface area (Å²) in [5.41, 5.74) is 3.85. The summed E-state index contributed by atoms with van der Waals surface area (Å²) in [6, 6.07) is 17.7. The first-order valence-electron chi connectivity index (χ1n) is 11.7. The van der Waals surface area contributed by atoms with Gasteiger partial charge < -0.3 is 14.9 Å². The van der Waals surface area contributed by atoms with Crippen LogP contribution in [0.4, 0.5) is 0 Å². The molecule has 5 nitrogen and oxygen atoms in total. The lowest BCUT2D eigenvalue weighted by molar-refractivity contribution is 0.112. The van der Waals surface area contributed by atoms with Crippen LogP contribution in [0.25, 0.3) is 22.6 Å². The van der Waals surface area contributed by atoms with Gasteiger partial charge in [0.25, 0.3) is 0 Å². The Morgan fingerprint density at radius 1 is 0.824 bits per heavy atom. The summed E-state index contributed by atoms with van der Waals surface area (Å²) in [5, 5.41) is 10.5. The number of hydrogen-bond acceptors (Lipinski definition) is 6. The topological polar surface area (TPSA) is 47.0 Å². The second kappa shape index (κ2) is 11.6. The van der Waals surface area contributed by atoms with Crippen LogP contribution in [0.5, 0.6) is 5.75 Å². The molecule has 1 saturated heterocycles. The van der Waals surface area contributed by atoms with Gasteiger partial charge in [0.15, 0.2) is 0 Å². The van der Waals surface area contributed by atoms with Crippen LogP contribution in [0, 0.1) is 0 Å². The second-order valence-corrected chi connectivity index (χ2v) is 10.2. The number of thiophene rings is 1. The molecule has 34 heavy (non-hydrogen) atoms. The highest BCUT2D eigenvalue weighted by atomic mass is 32.1. The van der Waals surface area contributed by atoms with Gasteiger partial charge >= 0.3 is 0 Å². The fourth-order valence-corrected chi connectivity index (χ4v) is 4.95. The molecule has 0 saturated carbocycles. The van der Waals surface area contributed by atoms with Crippen molar-refractivity contribution < 1.29 is 9.90 Å². The Balaban J connectivity index is 1.44. The minimum atomic E-state index is 0.357. The summed E-state index contributed by atoms with van der Waals surface area (Å²) >= 11 is 1.72. The van der Waals surface area contributed by atoms with Crippen LogP contribution < -0.4 is 0 Å². The molecule has 0 aliphatic carbocycles. The summed E-state index contributed by atoms with van der Waals surface area (Å²) in [5.74, 6) is 0.357. The zero-order chi connectivity index (χ0) is 23.9. The lowest BCUT2D eigenvalue weighted by atomic mass is 10.1. The van der Waals surface area contributed by atoms with Gasteiger partial charge in [-0.25, -0.2) is 0 Å². The Labute approximate surface area is 206 Å². The maximum atomic E-state index is 10.9. The largest absolute Gasteiger partial charge is 0.508 e. The Morgan fingerprint density at radius 3 is 2.15 bits per heavy atom. The number of rotatable bonds is 6. The first kappa shape index (κ1) is 24.4. The molecule has 1 N–H and O–H groups in total. The van der Waals surface area contributed by atoms with E-state index in [1.54, 1.807) is 17.4 Å². The molecule has 0 bridgehead atoms. The normalized spacial score (nSPS) is 16.9. The number of aldehydes is 1. The van der Waals surface area contributed by atoms with E-state index < -0.39 is 0 Å². The molecule has 4 rings (SSSR count). The lowest BCUT2D eigenvalue weighted by Crippen LogP contribution is -2.34. The molecule has 0 radical (unpaired) electrons. The zero-order valence-corrected chi connectivity index (χ0v) is 20.8. The average molecular weight is 476 g/mol. The van der Waals surface area contributed by atoms with Gasteiger partial charge in [-0.2, -0.15) is 0 Å². The molecular weight excluding hydrogens is 442 g/mol. The Morgan fingerprint density at radius 2 is 1.47 bits per heavy atom. The average Bonchev–Trinajstić information content (AvgIpc) is 3.35. The summed E-state index contributed by atoms with van der Waals surface area (Å²) in [6.07, 6.45) is 5.09. The molecule has 178 valence electrons. The van der Waals surface area contributed by atoms with Crippen LogP contribution in [0.1, 0.15) is 26.4 Å². The molecule has 0 amide bonds. The Hall–Kier alpha value is -2.77. The second-order valence-electron chi connectivity index (χ2n) is 9.05. The quantitative estimate of drug-likeness (QED) is 0.520. The smallest absolute Gasteiger partial charge is 0.150 e. The number of likely N-dealkylation sites (N-methyl/N-ethyl adjacent to an activating group) is 2. The number of phenolic OH excluding ortho intramolecular Hbond substituents is 1. The van der Waals surface area contributed by atoms with Crippen LogP contribution in [-0.4, -0.2) is 79.5 Å². The SMILES string of the molecule is CN1CCN(C)CCN(Cc2cc(/C=C/c3ccc(-c4ccc(C=O)cc4)s3)ccc2O)CC1. The van der Waals surface area contributed by atoms with Crippen molar-refractivity contribution in [1.29, 1.82) is 0 Å². The summed E-state index contributed by atoms with van der Waals surface area (Å²) in [7, 11) is 4.35. The van der Waals surface area contributed by atoms with E-state index in [1.807, 2.05) is 30.3 Å². The molecule has 1 aliphatic heterocycles. The molecule has 0 unspecified atom stereocenters. The number of hydrogen-bond donors (Lipinski definition) is 1. The molecule has 0 spiro atoms. The standard InChI is InChI=1S/C28H33N3O2S/c1-29-13-14-30(2)16-18-31(17-15-29)20-25-19-22(6-11-27(25)33)5-9-26-10-12-28(34-26)24-7-3-23(21-32)4-8-24/h3-12,19,21,33H,13-18,20H2,1-2H3/b9-5+. The van der Waals surface area contributed by atoms with Gasteiger partial charge in [-0.05, 0) is 55.6 Å². The molecule has 1 aromatic heterocycles. The van der Waals surface area contributed by atoms with Crippen LogP contribution >= 0.6 is 11.3 Å². The molecule has 1 fully saturated rings. The van der Waals surface area contributed by atoms with E-state index in [9.17, 15) is 9.90 Å². The molecule has 0 atom stereocenters. The van der Waals surface area contributed by atoms with Crippen molar-refractivity contribution >= 4 is 29.8 Å². The molecule has 2 heterocycles. The maximum absolute atomic E-state index is 10.9. The predicted molar refractivity (Wildman–Crippen MR) is 142 cm³/mol. The van der Waals surface area contributed by atoms with E-state index in [2.05, 4.69) is 59.1 Å². The van der Waals surface area contributed by atoms with Crippen LogP contribution in [0.15, 0.2) is 54.6 Å². The minimum absolute atomic E-state index is 0.357. The van der Waals surface area contributed by atoms with Crippen molar-refractivity contribution in [1.82, 2.24) is 14.7 Å². The van der Waals surface area contributed by atoms with Crippen molar-refractivity contribution in [2.75, 3.05) is 53.4 Å². The van der Waals surface area contributed by atoms with Gasteiger partial charge in [-0.15, -0.1) is 11.3 Å². The van der Waals surface area contributed by atoms with Crippen LogP contribution in [-0.2, 0) is 6.54 Å². The predicted octanol–water partition coefficient (Wildman–Crippen LogP) is 4.78. The number of benzene rings is 2. The van der Waals surface area contributed by atoms with Crippen molar-refractivity contribution in [3.8, 4) is 16.2 Å². The monoisotopic (exact) mass is 475 g/mol. The number of nitrogens with zero attached hydrogens (tertiary/aromatic N) is 3. The van der Waals surface area contributed by atoms with Gasteiger partial charge in [0.2, 0.25) is 0 Å². The Kier molecular flexibility index (Phi) is 8.29. The highest BCUT2D eigenvalue weighted by molar-refractivity contribution is 7.16. The Bertz CT molecular complexity index is 1110. The van der Waals surface area contributed by atoms with Gasteiger partial charge in [-0.1, -0.05) is 36.4 Å². The van der Waals surface area contributed by atoms with Gasteiger partial charge in [0.05, 0.1) is 0 Å². The molecule has 3 aromatic rings. The van der Waals surface area contributed by atoms with Crippen LogP contribution in [0.3, 0.4) is 0 Å². The van der Waals surface area contributed by atoms with Gasteiger partial charge in [-0.3, -0.25) is 9.69 Å². The number of aromatic hydroxyl groups is 1. The fraction of sp³-hybridized carbons (Fsp3) is 0.321. The highest BCUT2D eigenvalue weighted by Crippen LogP contribution is 2.30. The van der Waals surface area contributed by atoms with Crippen molar-refractivity contribution in [2.45, 2.75) is 6.54 Å². The molecule has 2 aromatic carbocycles. The number of carbonyl (C=O) groups is 1. The van der Waals surface area contributed by atoms with Gasteiger partial charge in [0, 0.05) is 66.7 Å². The van der Waals surface area contributed by atoms with E-state index >= 15 is 0 Å². The van der Waals surface area contributed by atoms with E-state index in [0.29, 0.717) is 11.3 Å². The van der Waals surface area contributed by atoms with Crippen molar-refractivity contribution in [3.05, 3.63) is 76.2 Å². The molecule has 6 heteroatoms. The highest BCUT2D eigenvalue weighted by Gasteiger charge is 2.14.